The summed E-state index contributed by atoms with van der Waals surface area (Å²) in [7, 11) is 0. The van der Waals surface area contributed by atoms with Crippen LogP contribution in [0.2, 0.25) is 10.0 Å². The molecule has 11 heteroatoms. The van der Waals surface area contributed by atoms with Crippen molar-refractivity contribution in [1.29, 1.82) is 0 Å². The molecule has 0 atom stereocenters. The predicted octanol–water partition coefficient (Wildman–Crippen LogP) is 5.66. The van der Waals surface area contributed by atoms with E-state index in [0.717, 1.165) is 35.9 Å². The predicted molar refractivity (Wildman–Crippen MR) is 142 cm³/mol. The number of piperidine rings is 1. The van der Waals surface area contributed by atoms with Crippen LogP contribution in [0.15, 0.2) is 41.3 Å². The Morgan fingerprint density at radius 1 is 1.08 bits per heavy atom. The van der Waals surface area contributed by atoms with Crippen molar-refractivity contribution in [1.82, 2.24) is 9.80 Å². The van der Waals surface area contributed by atoms with Gasteiger partial charge in [0.05, 0.1) is 22.1 Å². The molecular weight excluding hydrogens is 539 g/mol. The van der Waals surface area contributed by atoms with Crippen LogP contribution in [0.4, 0.5) is 4.79 Å². The third-order valence-electron chi connectivity index (χ3n) is 5.76. The van der Waals surface area contributed by atoms with Crippen molar-refractivity contribution in [3.05, 3.63) is 62.5 Å². The summed E-state index contributed by atoms with van der Waals surface area (Å²) in [6.07, 6.45) is 4.40. The molecule has 0 saturated carbocycles. The van der Waals surface area contributed by atoms with Crippen molar-refractivity contribution >= 4 is 64.1 Å². The van der Waals surface area contributed by atoms with Crippen LogP contribution < -0.4 is 9.47 Å². The monoisotopic (exact) mass is 562 g/mol. The lowest BCUT2D eigenvalue weighted by molar-refractivity contribution is -0.136. The van der Waals surface area contributed by atoms with Gasteiger partial charge < -0.3 is 14.4 Å². The molecule has 0 unspecified atom stereocenters. The van der Waals surface area contributed by atoms with Crippen molar-refractivity contribution in [2.45, 2.75) is 26.2 Å². The summed E-state index contributed by atoms with van der Waals surface area (Å²) in [6, 6.07) is 9.35. The highest BCUT2D eigenvalue weighted by molar-refractivity contribution is 8.18. The van der Waals surface area contributed by atoms with E-state index in [9.17, 15) is 19.2 Å². The van der Waals surface area contributed by atoms with Crippen LogP contribution in [0.1, 0.15) is 42.1 Å². The van der Waals surface area contributed by atoms with Gasteiger partial charge in [-0.25, -0.2) is 4.79 Å². The lowest BCUT2D eigenvalue weighted by Crippen LogP contribution is -2.44. The van der Waals surface area contributed by atoms with E-state index >= 15 is 0 Å². The first-order chi connectivity index (χ1) is 17.8. The Hall–Kier alpha value is -3.01. The average molecular weight is 563 g/mol. The van der Waals surface area contributed by atoms with E-state index < -0.39 is 17.1 Å². The molecule has 2 aliphatic heterocycles. The van der Waals surface area contributed by atoms with Crippen molar-refractivity contribution in [3.63, 3.8) is 0 Å². The molecule has 3 amide bonds. The Morgan fingerprint density at radius 2 is 1.84 bits per heavy atom. The molecule has 37 heavy (non-hydrogen) atoms. The molecule has 0 N–H and O–H groups in total. The number of hydrogen-bond donors (Lipinski definition) is 0. The highest BCUT2D eigenvalue weighted by Crippen LogP contribution is 2.39. The van der Waals surface area contributed by atoms with Gasteiger partial charge in [-0.3, -0.25) is 19.3 Å². The summed E-state index contributed by atoms with van der Waals surface area (Å²) < 4.78 is 11.1. The first-order valence-corrected chi connectivity index (χ1v) is 13.3. The van der Waals surface area contributed by atoms with E-state index in [0.29, 0.717) is 23.7 Å². The molecule has 2 fully saturated rings. The fourth-order valence-electron chi connectivity index (χ4n) is 3.97. The van der Waals surface area contributed by atoms with Crippen LogP contribution in [0.5, 0.6) is 11.5 Å². The molecule has 0 spiro atoms. The minimum atomic E-state index is -0.669. The van der Waals surface area contributed by atoms with Crippen LogP contribution >= 0.6 is 35.0 Å². The van der Waals surface area contributed by atoms with Gasteiger partial charge in [0.2, 0.25) is 5.91 Å². The number of ether oxygens (including phenoxy) is 2. The lowest BCUT2D eigenvalue weighted by atomic mass is 10.1. The SMILES string of the molecule is CCOc1cc(/C=C2\SC(=O)N(CC(=O)N3CCCCC3)C2=O)cc(Cl)c1OC(=O)c1cccc(Cl)c1. The van der Waals surface area contributed by atoms with Gasteiger partial charge in [0.25, 0.3) is 11.1 Å². The number of thioether (sulfide) groups is 1. The summed E-state index contributed by atoms with van der Waals surface area (Å²) in [4.78, 5) is 53.5. The quantitative estimate of drug-likeness (QED) is 0.244. The number of nitrogens with zero attached hydrogens (tertiary/aromatic N) is 2. The Balaban J connectivity index is 1.54. The van der Waals surface area contributed by atoms with E-state index in [2.05, 4.69) is 0 Å². The Morgan fingerprint density at radius 3 is 2.54 bits per heavy atom. The van der Waals surface area contributed by atoms with E-state index in [1.807, 2.05) is 0 Å². The summed E-state index contributed by atoms with van der Waals surface area (Å²) in [5.41, 5.74) is 0.701. The van der Waals surface area contributed by atoms with Crippen molar-refractivity contribution in [3.8, 4) is 11.5 Å². The summed E-state index contributed by atoms with van der Waals surface area (Å²) in [6.45, 7) is 3.01. The maximum atomic E-state index is 12.9. The first kappa shape index (κ1) is 27.0. The molecule has 0 bridgehead atoms. The summed E-state index contributed by atoms with van der Waals surface area (Å²) in [5, 5.41) is -0.0515. The highest BCUT2D eigenvalue weighted by atomic mass is 35.5. The van der Waals surface area contributed by atoms with Gasteiger partial charge in [-0.2, -0.15) is 0 Å². The van der Waals surface area contributed by atoms with Crippen LogP contribution in [-0.4, -0.2) is 59.1 Å². The minimum absolute atomic E-state index is 0.0193. The number of rotatable bonds is 7. The van der Waals surface area contributed by atoms with Crippen molar-refractivity contribution < 1.29 is 28.7 Å². The molecule has 2 heterocycles. The summed E-state index contributed by atoms with van der Waals surface area (Å²) in [5.74, 6) is -1.25. The number of hydrogen-bond acceptors (Lipinski definition) is 7. The molecule has 2 aromatic rings. The van der Waals surface area contributed by atoms with Gasteiger partial charge in [0.15, 0.2) is 11.5 Å². The second-order valence-electron chi connectivity index (χ2n) is 8.37. The topological polar surface area (TPSA) is 93.2 Å². The van der Waals surface area contributed by atoms with Gasteiger partial charge in [0.1, 0.15) is 6.54 Å². The molecule has 0 radical (unpaired) electrons. The van der Waals surface area contributed by atoms with Crippen LogP contribution in [0, 0.1) is 0 Å². The zero-order chi connectivity index (χ0) is 26.5. The smallest absolute Gasteiger partial charge is 0.343 e. The van der Waals surface area contributed by atoms with E-state index in [4.69, 9.17) is 32.7 Å². The van der Waals surface area contributed by atoms with Gasteiger partial charge in [-0.05, 0) is 79.9 Å². The molecule has 2 aromatic carbocycles. The molecule has 0 aliphatic carbocycles. The standard InChI is InChI=1S/C26H24Cl2N2O6S/c1-2-35-20-12-16(11-19(28)23(20)36-25(33)17-7-6-8-18(27)14-17)13-21-24(32)30(26(34)37-21)15-22(31)29-9-4-3-5-10-29/h6-8,11-14H,2-5,9-10,15H2,1H3/b21-13-. The molecule has 0 aromatic heterocycles. The highest BCUT2D eigenvalue weighted by Gasteiger charge is 2.37. The number of esters is 1. The largest absolute Gasteiger partial charge is 0.490 e. The zero-order valence-electron chi connectivity index (χ0n) is 20.0. The fraction of sp³-hybridized carbons (Fsp3) is 0.308. The molecule has 4 rings (SSSR count). The molecule has 8 nitrogen and oxygen atoms in total. The number of amides is 3. The Labute approximate surface area is 228 Å². The Kier molecular flexibility index (Phi) is 8.79. The van der Waals surface area contributed by atoms with Crippen LogP contribution in [0.25, 0.3) is 6.08 Å². The van der Waals surface area contributed by atoms with Gasteiger partial charge in [0, 0.05) is 18.1 Å². The van der Waals surface area contributed by atoms with E-state index in [-0.39, 0.29) is 46.0 Å². The van der Waals surface area contributed by atoms with E-state index in [1.54, 1.807) is 36.1 Å². The van der Waals surface area contributed by atoms with Gasteiger partial charge in [-0.15, -0.1) is 0 Å². The van der Waals surface area contributed by atoms with Gasteiger partial charge >= 0.3 is 5.97 Å². The van der Waals surface area contributed by atoms with Crippen LogP contribution in [-0.2, 0) is 9.59 Å². The number of imide groups is 1. The van der Waals surface area contributed by atoms with Crippen LogP contribution in [0.3, 0.4) is 0 Å². The fourth-order valence-corrected chi connectivity index (χ4v) is 5.25. The summed E-state index contributed by atoms with van der Waals surface area (Å²) >= 11 is 13.1. The normalized spacial score (nSPS) is 16.9. The third-order valence-corrected chi connectivity index (χ3v) is 7.18. The van der Waals surface area contributed by atoms with Gasteiger partial charge in [-0.1, -0.05) is 29.3 Å². The second kappa shape index (κ2) is 12.0. The van der Waals surface area contributed by atoms with Crippen molar-refractivity contribution in [2.75, 3.05) is 26.2 Å². The number of carbonyl (C=O) groups is 4. The second-order valence-corrected chi connectivity index (χ2v) is 10.2. The molecular formula is C26H24Cl2N2O6S. The number of halogens is 2. The lowest BCUT2D eigenvalue weighted by Gasteiger charge is -2.27. The molecule has 2 aliphatic rings. The minimum Gasteiger partial charge on any atom is -0.490 e. The average Bonchev–Trinajstić information content (AvgIpc) is 3.13. The van der Waals surface area contributed by atoms with Crippen molar-refractivity contribution in [2.24, 2.45) is 0 Å². The zero-order valence-corrected chi connectivity index (χ0v) is 22.3. The Bertz CT molecular complexity index is 1280. The molecule has 194 valence electrons. The number of likely N-dealkylation sites (tertiary alicyclic amines) is 1. The number of carbonyl (C=O) groups excluding carboxylic acids is 4. The molecule has 2 saturated heterocycles. The first-order valence-electron chi connectivity index (χ1n) is 11.7. The van der Waals surface area contributed by atoms with E-state index in [1.165, 1.54) is 18.2 Å². The third kappa shape index (κ3) is 6.47. The maximum absolute atomic E-state index is 12.9. The number of benzene rings is 2. The maximum Gasteiger partial charge on any atom is 0.343 e.